The molecule has 104 valence electrons. The van der Waals surface area contributed by atoms with Crippen molar-refractivity contribution in [1.82, 2.24) is 0 Å². The van der Waals surface area contributed by atoms with Gasteiger partial charge in [0, 0.05) is 18.8 Å². The molecule has 1 aromatic carbocycles. The Morgan fingerprint density at radius 3 is 2.75 bits per heavy atom. The molecule has 3 rings (SSSR count). The molecule has 20 heavy (non-hydrogen) atoms. The van der Waals surface area contributed by atoms with Crippen molar-refractivity contribution in [3.8, 4) is 0 Å². The first-order chi connectivity index (χ1) is 9.74. The van der Waals surface area contributed by atoms with Crippen LogP contribution in [0, 0.1) is 0 Å². The molecule has 1 aliphatic heterocycles. The number of amides is 1. The summed E-state index contributed by atoms with van der Waals surface area (Å²) in [6.07, 6.45) is 3.88. The number of hydrogen-bond donors (Lipinski definition) is 1. The van der Waals surface area contributed by atoms with Crippen molar-refractivity contribution in [3.05, 3.63) is 47.4 Å². The molecule has 1 aromatic heterocycles. The van der Waals surface area contributed by atoms with Gasteiger partial charge in [0.05, 0.1) is 17.0 Å². The number of rotatable bonds is 3. The lowest BCUT2D eigenvalue weighted by Crippen LogP contribution is -2.18. The zero-order valence-corrected chi connectivity index (χ0v) is 11.7. The lowest BCUT2D eigenvalue weighted by molar-refractivity contribution is 0.0996. The molecule has 0 spiro atoms. The Bertz CT molecular complexity index is 604. The average molecular weight is 291 g/mol. The van der Waals surface area contributed by atoms with E-state index in [0.29, 0.717) is 10.7 Å². The van der Waals surface area contributed by atoms with Crippen LogP contribution in [0.25, 0.3) is 0 Å². The van der Waals surface area contributed by atoms with Gasteiger partial charge < -0.3 is 14.6 Å². The SMILES string of the molecule is O=C(Nc1cc(N2CCCC2)ccc1Cl)c1ccco1. The lowest BCUT2D eigenvalue weighted by Gasteiger charge is -2.19. The van der Waals surface area contributed by atoms with Crippen LogP contribution in [0.1, 0.15) is 23.4 Å². The van der Waals surface area contributed by atoms with Crippen LogP contribution in [0.15, 0.2) is 41.0 Å². The van der Waals surface area contributed by atoms with Crippen molar-refractivity contribution in [2.45, 2.75) is 12.8 Å². The summed E-state index contributed by atoms with van der Waals surface area (Å²) in [4.78, 5) is 14.3. The Hall–Kier alpha value is -1.94. The van der Waals surface area contributed by atoms with Crippen molar-refractivity contribution in [2.75, 3.05) is 23.3 Å². The summed E-state index contributed by atoms with van der Waals surface area (Å²) in [5, 5.41) is 3.31. The van der Waals surface area contributed by atoms with E-state index in [9.17, 15) is 4.79 Å². The summed E-state index contributed by atoms with van der Waals surface area (Å²) in [6, 6.07) is 9.00. The van der Waals surface area contributed by atoms with Gasteiger partial charge in [0.1, 0.15) is 0 Å². The minimum atomic E-state index is -0.296. The Morgan fingerprint density at radius 1 is 1.25 bits per heavy atom. The largest absolute Gasteiger partial charge is 0.459 e. The van der Waals surface area contributed by atoms with Crippen LogP contribution in [0.2, 0.25) is 5.02 Å². The van der Waals surface area contributed by atoms with Crippen molar-refractivity contribution < 1.29 is 9.21 Å². The van der Waals surface area contributed by atoms with Gasteiger partial charge in [-0.3, -0.25) is 4.79 Å². The molecule has 0 saturated carbocycles. The normalized spacial score (nSPS) is 14.6. The molecular weight excluding hydrogens is 276 g/mol. The maximum Gasteiger partial charge on any atom is 0.291 e. The van der Waals surface area contributed by atoms with Gasteiger partial charge in [0.2, 0.25) is 0 Å². The number of nitrogens with zero attached hydrogens (tertiary/aromatic N) is 1. The van der Waals surface area contributed by atoms with Crippen LogP contribution in [0.4, 0.5) is 11.4 Å². The van der Waals surface area contributed by atoms with Crippen LogP contribution in [0.5, 0.6) is 0 Å². The van der Waals surface area contributed by atoms with Gasteiger partial charge in [-0.25, -0.2) is 0 Å². The van der Waals surface area contributed by atoms with Gasteiger partial charge in [0.25, 0.3) is 5.91 Å². The Morgan fingerprint density at radius 2 is 2.05 bits per heavy atom. The molecule has 2 heterocycles. The van der Waals surface area contributed by atoms with Crippen LogP contribution < -0.4 is 10.2 Å². The van der Waals surface area contributed by atoms with Crippen LogP contribution in [-0.2, 0) is 0 Å². The monoisotopic (exact) mass is 290 g/mol. The van der Waals surface area contributed by atoms with E-state index >= 15 is 0 Å². The first-order valence-corrected chi connectivity index (χ1v) is 7.01. The number of nitrogens with one attached hydrogen (secondary N) is 1. The van der Waals surface area contributed by atoms with E-state index in [1.165, 1.54) is 19.1 Å². The van der Waals surface area contributed by atoms with E-state index in [1.54, 1.807) is 12.1 Å². The van der Waals surface area contributed by atoms with E-state index in [-0.39, 0.29) is 11.7 Å². The predicted molar refractivity (Wildman–Crippen MR) is 79.6 cm³/mol. The summed E-state index contributed by atoms with van der Waals surface area (Å²) in [6.45, 7) is 2.10. The molecule has 0 unspecified atom stereocenters. The zero-order valence-electron chi connectivity index (χ0n) is 10.9. The summed E-state index contributed by atoms with van der Waals surface area (Å²) >= 11 is 6.14. The topological polar surface area (TPSA) is 45.5 Å². The third-order valence-corrected chi connectivity index (χ3v) is 3.74. The number of furan rings is 1. The minimum Gasteiger partial charge on any atom is -0.459 e. The van der Waals surface area contributed by atoms with Gasteiger partial charge in [-0.1, -0.05) is 11.6 Å². The molecule has 1 amide bonds. The summed E-state index contributed by atoms with van der Waals surface area (Å²) < 4.78 is 5.07. The maximum atomic E-state index is 12.0. The van der Waals surface area contributed by atoms with Gasteiger partial charge in [-0.15, -0.1) is 0 Å². The van der Waals surface area contributed by atoms with E-state index in [2.05, 4.69) is 10.2 Å². The second-order valence-corrected chi connectivity index (χ2v) is 5.20. The van der Waals surface area contributed by atoms with Crippen molar-refractivity contribution in [3.63, 3.8) is 0 Å². The van der Waals surface area contributed by atoms with E-state index in [1.807, 2.05) is 18.2 Å². The summed E-state index contributed by atoms with van der Waals surface area (Å²) in [5.41, 5.74) is 1.69. The number of carbonyl (C=O) groups is 1. The van der Waals surface area contributed by atoms with Crippen molar-refractivity contribution >= 4 is 28.9 Å². The highest BCUT2D eigenvalue weighted by molar-refractivity contribution is 6.34. The first kappa shape index (κ1) is 13.1. The minimum absolute atomic E-state index is 0.271. The molecule has 1 N–H and O–H groups in total. The van der Waals surface area contributed by atoms with Gasteiger partial charge in [0.15, 0.2) is 5.76 Å². The third-order valence-electron chi connectivity index (χ3n) is 3.41. The average Bonchev–Trinajstić information content (AvgIpc) is 3.14. The molecule has 1 saturated heterocycles. The second kappa shape index (κ2) is 5.59. The number of halogens is 1. The smallest absolute Gasteiger partial charge is 0.291 e. The van der Waals surface area contributed by atoms with E-state index in [4.69, 9.17) is 16.0 Å². The molecule has 0 radical (unpaired) electrons. The molecule has 5 heteroatoms. The number of anilines is 2. The highest BCUT2D eigenvalue weighted by Gasteiger charge is 2.15. The highest BCUT2D eigenvalue weighted by Crippen LogP contribution is 2.29. The fraction of sp³-hybridized carbons (Fsp3) is 0.267. The molecule has 0 aliphatic carbocycles. The molecule has 2 aromatic rings. The molecular formula is C15H15ClN2O2. The summed E-state index contributed by atoms with van der Waals surface area (Å²) in [7, 11) is 0. The molecule has 0 atom stereocenters. The quantitative estimate of drug-likeness (QED) is 0.935. The van der Waals surface area contributed by atoms with Crippen LogP contribution >= 0.6 is 11.6 Å². The Labute approximate surface area is 122 Å². The molecule has 1 fully saturated rings. The van der Waals surface area contributed by atoms with Gasteiger partial charge >= 0.3 is 0 Å². The zero-order chi connectivity index (χ0) is 13.9. The molecule has 1 aliphatic rings. The highest BCUT2D eigenvalue weighted by atomic mass is 35.5. The standard InChI is InChI=1S/C15H15ClN2O2/c16-12-6-5-11(18-7-1-2-8-18)10-13(12)17-15(19)14-4-3-9-20-14/h3-6,9-10H,1-2,7-8H2,(H,17,19). The van der Waals surface area contributed by atoms with Gasteiger partial charge in [-0.05, 0) is 43.2 Å². The second-order valence-electron chi connectivity index (χ2n) is 4.79. The fourth-order valence-electron chi connectivity index (χ4n) is 2.37. The van der Waals surface area contributed by atoms with E-state index in [0.717, 1.165) is 18.8 Å². The first-order valence-electron chi connectivity index (χ1n) is 6.63. The fourth-order valence-corrected chi connectivity index (χ4v) is 2.54. The van der Waals surface area contributed by atoms with Gasteiger partial charge in [-0.2, -0.15) is 0 Å². The number of carbonyl (C=O) groups excluding carboxylic acids is 1. The summed E-state index contributed by atoms with van der Waals surface area (Å²) in [5.74, 6) is -0.0249. The maximum absolute atomic E-state index is 12.0. The Kier molecular flexibility index (Phi) is 3.65. The van der Waals surface area contributed by atoms with Crippen molar-refractivity contribution in [1.29, 1.82) is 0 Å². The van der Waals surface area contributed by atoms with E-state index < -0.39 is 0 Å². The molecule has 4 nitrogen and oxygen atoms in total. The third kappa shape index (κ3) is 2.65. The van der Waals surface area contributed by atoms with Crippen molar-refractivity contribution in [2.24, 2.45) is 0 Å². The van der Waals surface area contributed by atoms with Crippen LogP contribution in [-0.4, -0.2) is 19.0 Å². The lowest BCUT2D eigenvalue weighted by atomic mass is 10.2. The Balaban J connectivity index is 1.81. The molecule has 0 bridgehead atoms. The number of hydrogen-bond acceptors (Lipinski definition) is 3. The van der Waals surface area contributed by atoms with Crippen LogP contribution in [0.3, 0.4) is 0 Å². The predicted octanol–water partition coefficient (Wildman–Crippen LogP) is 3.79. The number of benzene rings is 1.